The number of sulfonamides is 1. The van der Waals surface area contributed by atoms with Crippen LogP contribution in [0.3, 0.4) is 0 Å². The van der Waals surface area contributed by atoms with Crippen LogP contribution in [0.25, 0.3) is 10.4 Å². The summed E-state index contributed by atoms with van der Waals surface area (Å²) >= 11 is 1.63. The Morgan fingerprint density at radius 2 is 2.12 bits per heavy atom. The maximum Gasteiger partial charge on any atom is 0.240 e. The molecule has 0 atom stereocenters. The van der Waals surface area contributed by atoms with Crippen LogP contribution in [0.4, 0.5) is 0 Å². The first-order valence-corrected chi connectivity index (χ1v) is 10.2. The number of thiophene rings is 1. The fourth-order valence-corrected chi connectivity index (χ4v) is 4.53. The average Bonchev–Trinajstić information content (AvgIpc) is 3.31. The van der Waals surface area contributed by atoms with Crippen molar-refractivity contribution in [1.82, 2.24) is 9.71 Å². The minimum atomic E-state index is -3.58. The Hall–Kier alpha value is -2.22. The number of ether oxygens (including phenoxy) is 1. The zero-order valence-corrected chi connectivity index (χ0v) is 14.9. The molecule has 0 fully saturated rings. The average molecular weight is 372 g/mol. The fourth-order valence-electron chi connectivity index (χ4n) is 2.75. The van der Waals surface area contributed by atoms with Crippen molar-refractivity contribution in [2.24, 2.45) is 0 Å². The van der Waals surface area contributed by atoms with Gasteiger partial charge < -0.3 is 4.74 Å². The summed E-state index contributed by atoms with van der Waals surface area (Å²) in [6.07, 6.45) is 4.20. The van der Waals surface area contributed by atoms with Crippen molar-refractivity contribution in [3.63, 3.8) is 0 Å². The number of nitrogens with zero attached hydrogens (tertiary/aromatic N) is 1. The highest BCUT2D eigenvalue weighted by atomic mass is 32.2. The monoisotopic (exact) mass is 372 g/mol. The van der Waals surface area contributed by atoms with Gasteiger partial charge in [0.1, 0.15) is 5.75 Å². The Bertz CT molecular complexity index is 999. The third-order valence-electron chi connectivity index (χ3n) is 4.04. The Kier molecular flexibility index (Phi) is 4.29. The number of nitrogens with one attached hydrogen (secondary N) is 1. The highest BCUT2D eigenvalue weighted by Gasteiger charge is 2.19. The number of hydrogen-bond acceptors (Lipinski definition) is 5. The SMILES string of the molecule is O=S(=O)(NCc1cncc(-c2cccs2)c1)c1ccc2c(c1)CCO2. The molecule has 3 aromatic rings. The number of fused-ring (bicyclic) bond motifs is 1. The second-order valence-electron chi connectivity index (χ2n) is 5.75. The number of aromatic nitrogens is 1. The second-order valence-corrected chi connectivity index (χ2v) is 8.47. The summed E-state index contributed by atoms with van der Waals surface area (Å²) in [5.74, 6) is 0.770. The van der Waals surface area contributed by atoms with Gasteiger partial charge in [0.2, 0.25) is 10.0 Å². The summed E-state index contributed by atoms with van der Waals surface area (Å²) in [5.41, 5.74) is 2.74. The molecule has 1 aromatic carbocycles. The van der Waals surface area contributed by atoms with Crippen molar-refractivity contribution in [1.29, 1.82) is 0 Å². The number of rotatable bonds is 5. The van der Waals surface area contributed by atoms with Gasteiger partial charge in [-0.3, -0.25) is 4.98 Å². The van der Waals surface area contributed by atoms with Gasteiger partial charge in [0.15, 0.2) is 0 Å². The molecule has 0 aliphatic carbocycles. The Balaban J connectivity index is 1.52. The van der Waals surface area contributed by atoms with Gasteiger partial charge in [-0.2, -0.15) is 0 Å². The molecule has 0 bridgehead atoms. The van der Waals surface area contributed by atoms with Crippen LogP contribution in [-0.2, 0) is 23.0 Å². The van der Waals surface area contributed by atoms with Crippen molar-refractivity contribution >= 4 is 21.4 Å². The molecule has 25 heavy (non-hydrogen) atoms. The first kappa shape index (κ1) is 16.3. The zero-order chi connectivity index (χ0) is 17.3. The van der Waals surface area contributed by atoms with Crippen LogP contribution in [0.5, 0.6) is 5.75 Å². The summed E-state index contributed by atoms with van der Waals surface area (Å²) in [6, 6.07) is 10.9. The molecule has 7 heteroatoms. The molecule has 2 aromatic heterocycles. The Morgan fingerprint density at radius 1 is 1.20 bits per heavy atom. The molecule has 5 nitrogen and oxygen atoms in total. The fraction of sp³-hybridized carbons (Fsp3) is 0.167. The van der Waals surface area contributed by atoms with E-state index < -0.39 is 10.0 Å². The largest absolute Gasteiger partial charge is 0.493 e. The van der Waals surface area contributed by atoms with Crippen LogP contribution in [0.15, 0.2) is 59.1 Å². The lowest BCUT2D eigenvalue weighted by molar-refractivity contribution is 0.356. The number of hydrogen-bond donors (Lipinski definition) is 1. The zero-order valence-electron chi connectivity index (χ0n) is 13.3. The molecule has 1 aliphatic rings. The predicted molar refractivity (Wildman–Crippen MR) is 97.2 cm³/mol. The van der Waals surface area contributed by atoms with Crippen LogP contribution < -0.4 is 9.46 Å². The smallest absolute Gasteiger partial charge is 0.240 e. The van der Waals surface area contributed by atoms with E-state index in [1.165, 1.54) is 0 Å². The Morgan fingerprint density at radius 3 is 2.96 bits per heavy atom. The third kappa shape index (κ3) is 3.44. The molecule has 3 heterocycles. The molecule has 1 N–H and O–H groups in total. The highest BCUT2D eigenvalue weighted by Crippen LogP contribution is 2.28. The molecule has 0 unspecified atom stereocenters. The van der Waals surface area contributed by atoms with Crippen molar-refractivity contribution in [2.45, 2.75) is 17.9 Å². The highest BCUT2D eigenvalue weighted by molar-refractivity contribution is 7.89. The summed E-state index contributed by atoms with van der Waals surface area (Å²) in [5, 5.41) is 2.00. The molecule has 128 valence electrons. The number of pyridine rings is 1. The molecular weight excluding hydrogens is 356 g/mol. The van der Waals surface area contributed by atoms with E-state index in [0.29, 0.717) is 6.61 Å². The van der Waals surface area contributed by atoms with E-state index >= 15 is 0 Å². The first-order valence-electron chi connectivity index (χ1n) is 7.85. The quantitative estimate of drug-likeness (QED) is 0.747. The summed E-state index contributed by atoms with van der Waals surface area (Å²) < 4.78 is 33.2. The van der Waals surface area contributed by atoms with Gasteiger partial charge >= 0.3 is 0 Å². The van der Waals surface area contributed by atoms with E-state index in [1.807, 2.05) is 23.6 Å². The summed E-state index contributed by atoms with van der Waals surface area (Å²) in [6.45, 7) is 0.801. The van der Waals surface area contributed by atoms with Gasteiger partial charge in [0.05, 0.1) is 11.5 Å². The van der Waals surface area contributed by atoms with Gasteiger partial charge in [-0.15, -0.1) is 11.3 Å². The third-order valence-corrected chi connectivity index (χ3v) is 6.36. The van der Waals surface area contributed by atoms with Gasteiger partial charge in [-0.05, 0) is 46.8 Å². The molecule has 0 spiro atoms. The molecular formula is C18H16N2O3S2. The molecule has 0 amide bonds. The van der Waals surface area contributed by atoms with Crippen LogP contribution in [-0.4, -0.2) is 20.0 Å². The summed E-state index contributed by atoms with van der Waals surface area (Å²) in [4.78, 5) is 5.59. The van der Waals surface area contributed by atoms with Crippen molar-refractivity contribution < 1.29 is 13.2 Å². The van der Waals surface area contributed by atoms with Gasteiger partial charge in [0.25, 0.3) is 0 Å². The van der Waals surface area contributed by atoms with E-state index in [2.05, 4.69) is 9.71 Å². The normalized spacial score (nSPS) is 13.4. The molecule has 4 rings (SSSR count). The lowest BCUT2D eigenvalue weighted by Crippen LogP contribution is -2.23. The maximum atomic E-state index is 12.5. The minimum Gasteiger partial charge on any atom is -0.493 e. The van der Waals surface area contributed by atoms with Gasteiger partial charge in [-0.1, -0.05) is 6.07 Å². The molecule has 1 aliphatic heterocycles. The van der Waals surface area contributed by atoms with Gasteiger partial charge in [0, 0.05) is 35.8 Å². The molecule has 0 saturated carbocycles. The predicted octanol–water partition coefficient (Wildman–Crippen LogP) is 3.22. The van der Waals surface area contributed by atoms with Gasteiger partial charge in [-0.25, -0.2) is 13.1 Å². The lowest BCUT2D eigenvalue weighted by Gasteiger charge is -2.09. The second kappa shape index (κ2) is 6.59. The summed E-state index contributed by atoms with van der Waals surface area (Å²) in [7, 11) is -3.58. The van der Waals surface area contributed by atoms with Crippen LogP contribution in [0.2, 0.25) is 0 Å². The maximum absolute atomic E-state index is 12.5. The van der Waals surface area contributed by atoms with Crippen LogP contribution in [0.1, 0.15) is 11.1 Å². The van der Waals surface area contributed by atoms with Crippen molar-refractivity contribution in [3.05, 3.63) is 65.3 Å². The van der Waals surface area contributed by atoms with E-state index in [1.54, 1.807) is 41.9 Å². The van der Waals surface area contributed by atoms with Crippen molar-refractivity contribution in [3.8, 4) is 16.2 Å². The standard InChI is InChI=1S/C18H16N2O3S2/c21-25(22,16-3-4-17-14(9-16)5-6-23-17)20-11-13-8-15(12-19-10-13)18-2-1-7-24-18/h1-4,7-10,12,20H,5-6,11H2. The topological polar surface area (TPSA) is 68.3 Å². The molecule has 0 saturated heterocycles. The van der Waals surface area contributed by atoms with E-state index in [9.17, 15) is 8.42 Å². The minimum absolute atomic E-state index is 0.197. The lowest BCUT2D eigenvalue weighted by atomic mass is 10.2. The van der Waals surface area contributed by atoms with E-state index in [0.717, 1.165) is 33.7 Å². The van der Waals surface area contributed by atoms with Crippen molar-refractivity contribution in [2.75, 3.05) is 6.61 Å². The Labute approximate surface area is 150 Å². The van der Waals surface area contributed by atoms with Crippen LogP contribution in [0, 0.1) is 0 Å². The van der Waals surface area contributed by atoms with Crippen LogP contribution >= 0.6 is 11.3 Å². The van der Waals surface area contributed by atoms with E-state index in [4.69, 9.17) is 4.74 Å². The molecule has 0 radical (unpaired) electrons. The first-order chi connectivity index (χ1) is 12.1. The number of benzene rings is 1. The van der Waals surface area contributed by atoms with E-state index in [-0.39, 0.29) is 11.4 Å².